The Kier molecular flexibility index (Phi) is 8.28. The number of benzene rings is 2. The molecule has 4 atom stereocenters. The molecule has 4 rings (SSSR count). The average molecular weight is 528 g/mol. The fraction of sp³-hybridized carbons (Fsp3) is 0.414. The van der Waals surface area contributed by atoms with Gasteiger partial charge in [0.1, 0.15) is 29.7 Å². The maximum absolute atomic E-state index is 14.8. The minimum atomic E-state index is -1.34. The predicted molar refractivity (Wildman–Crippen MR) is 140 cm³/mol. The van der Waals surface area contributed by atoms with Crippen LogP contribution in [0.15, 0.2) is 54.7 Å². The molecule has 1 aromatic heterocycles. The highest BCUT2D eigenvalue weighted by Crippen LogP contribution is 2.40. The van der Waals surface area contributed by atoms with Gasteiger partial charge in [-0.2, -0.15) is 0 Å². The van der Waals surface area contributed by atoms with Crippen LogP contribution in [-0.2, 0) is 11.3 Å². The van der Waals surface area contributed by atoms with E-state index in [0.29, 0.717) is 18.9 Å². The first kappa shape index (κ1) is 27.9. The standard InChI is InChI=1S/C29H34F3N4O2/c1-18(37)28(38)36(16-20-13-33-14-24(20)32)26(29(2,3)4)27-34-25(22-12-21(30)10-11-23(22)31)17-35(27)15-19-8-6-5-7-9-19/h5-12,17-18,20,24,26,33,37H,2,13-16H2,1,3-4H3/t18-,20-,24-,26-/m0/s1. The molecule has 0 spiro atoms. The predicted octanol–water partition coefficient (Wildman–Crippen LogP) is 4.54. The van der Waals surface area contributed by atoms with Crippen molar-refractivity contribution in [2.24, 2.45) is 11.3 Å². The van der Waals surface area contributed by atoms with Crippen molar-refractivity contribution in [2.75, 3.05) is 19.6 Å². The quantitative estimate of drug-likeness (QED) is 0.429. The summed E-state index contributed by atoms with van der Waals surface area (Å²) >= 11 is 0. The molecular weight excluding hydrogens is 493 g/mol. The lowest BCUT2D eigenvalue weighted by molar-refractivity contribution is -0.145. The lowest BCUT2D eigenvalue weighted by Gasteiger charge is -2.41. The molecule has 1 fully saturated rings. The molecule has 1 saturated heterocycles. The molecule has 6 nitrogen and oxygen atoms in total. The van der Waals surface area contributed by atoms with Crippen LogP contribution in [-0.4, -0.2) is 57.4 Å². The van der Waals surface area contributed by atoms with E-state index in [1.807, 2.05) is 44.2 Å². The van der Waals surface area contributed by atoms with E-state index < -0.39 is 47.2 Å². The highest BCUT2D eigenvalue weighted by atomic mass is 19.1. The number of carbonyl (C=O) groups is 1. The van der Waals surface area contributed by atoms with Gasteiger partial charge >= 0.3 is 0 Å². The summed E-state index contributed by atoms with van der Waals surface area (Å²) in [4.78, 5) is 19.6. The zero-order chi connectivity index (χ0) is 27.6. The third kappa shape index (κ3) is 6.10. The van der Waals surface area contributed by atoms with Gasteiger partial charge < -0.3 is 19.9 Å². The maximum atomic E-state index is 14.8. The number of imidazole rings is 1. The largest absolute Gasteiger partial charge is 0.384 e. The van der Waals surface area contributed by atoms with Gasteiger partial charge in [-0.05, 0) is 43.0 Å². The molecule has 3 aromatic rings. The lowest BCUT2D eigenvalue weighted by Crippen LogP contribution is -2.49. The van der Waals surface area contributed by atoms with Crippen molar-refractivity contribution in [1.29, 1.82) is 0 Å². The van der Waals surface area contributed by atoms with Crippen LogP contribution in [0.1, 0.15) is 38.2 Å². The monoisotopic (exact) mass is 527 g/mol. The van der Waals surface area contributed by atoms with Crippen molar-refractivity contribution in [3.05, 3.63) is 84.7 Å². The van der Waals surface area contributed by atoms with E-state index in [2.05, 4.69) is 12.2 Å². The SMILES string of the molecule is [CH2]C(C)(C)[C@H](c1nc(-c2cc(F)ccc2F)cn1Cc1ccccc1)N(C[C@@H]1CNC[C@@H]1F)C(=O)[C@H](C)O. The van der Waals surface area contributed by atoms with E-state index >= 15 is 0 Å². The van der Waals surface area contributed by atoms with Crippen LogP contribution >= 0.6 is 0 Å². The van der Waals surface area contributed by atoms with Crippen LogP contribution in [0.4, 0.5) is 13.2 Å². The summed E-state index contributed by atoms with van der Waals surface area (Å²) in [5, 5.41) is 13.3. The molecule has 38 heavy (non-hydrogen) atoms. The van der Waals surface area contributed by atoms with Gasteiger partial charge in [0.15, 0.2) is 0 Å². The molecule has 0 unspecified atom stereocenters. The Balaban J connectivity index is 1.88. The molecule has 0 bridgehead atoms. The molecule has 2 N–H and O–H groups in total. The fourth-order valence-electron chi connectivity index (χ4n) is 4.98. The van der Waals surface area contributed by atoms with Gasteiger partial charge in [0.2, 0.25) is 0 Å². The number of hydrogen-bond donors (Lipinski definition) is 2. The number of aliphatic hydroxyl groups is 1. The third-order valence-corrected chi connectivity index (χ3v) is 6.83. The Morgan fingerprint density at radius 1 is 1.24 bits per heavy atom. The fourth-order valence-corrected chi connectivity index (χ4v) is 4.98. The maximum Gasteiger partial charge on any atom is 0.251 e. The van der Waals surface area contributed by atoms with Gasteiger partial charge in [-0.25, -0.2) is 18.2 Å². The van der Waals surface area contributed by atoms with Gasteiger partial charge in [0.05, 0.1) is 11.7 Å². The van der Waals surface area contributed by atoms with E-state index in [0.717, 1.165) is 23.8 Å². The Bertz CT molecular complexity index is 1260. The Labute approximate surface area is 221 Å². The molecule has 0 aliphatic carbocycles. The van der Waals surface area contributed by atoms with Crippen LogP contribution in [0.5, 0.6) is 0 Å². The van der Waals surface area contributed by atoms with E-state index in [9.17, 15) is 23.1 Å². The summed E-state index contributed by atoms with van der Waals surface area (Å²) in [6.07, 6.45) is -0.877. The average Bonchev–Trinajstić information content (AvgIpc) is 3.45. The minimum absolute atomic E-state index is 0.0177. The second-order valence-electron chi connectivity index (χ2n) is 10.7. The van der Waals surface area contributed by atoms with Crippen LogP contribution in [0, 0.1) is 29.9 Å². The van der Waals surface area contributed by atoms with Crippen molar-refractivity contribution < 1.29 is 23.1 Å². The highest BCUT2D eigenvalue weighted by Gasteiger charge is 2.42. The van der Waals surface area contributed by atoms with Gasteiger partial charge in [-0.3, -0.25) is 4.79 Å². The Hall–Kier alpha value is -3.17. The van der Waals surface area contributed by atoms with E-state index in [1.165, 1.54) is 11.8 Å². The summed E-state index contributed by atoms with van der Waals surface area (Å²) in [6.45, 7) is 10.2. The molecular formula is C29H34F3N4O2. The Morgan fingerprint density at radius 3 is 2.55 bits per heavy atom. The number of aliphatic hydroxyl groups excluding tert-OH is 1. The zero-order valence-corrected chi connectivity index (χ0v) is 21.9. The van der Waals surface area contributed by atoms with Gasteiger partial charge in [0.25, 0.3) is 5.91 Å². The molecule has 2 aromatic carbocycles. The van der Waals surface area contributed by atoms with Crippen molar-refractivity contribution in [2.45, 2.75) is 45.6 Å². The molecule has 2 heterocycles. The first-order valence-electron chi connectivity index (χ1n) is 12.7. The highest BCUT2D eigenvalue weighted by molar-refractivity contribution is 5.81. The third-order valence-electron chi connectivity index (χ3n) is 6.83. The number of nitrogens with zero attached hydrogens (tertiary/aromatic N) is 3. The summed E-state index contributed by atoms with van der Waals surface area (Å²) in [5.41, 5.74) is 0.239. The van der Waals surface area contributed by atoms with E-state index in [1.54, 1.807) is 10.8 Å². The van der Waals surface area contributed by atoms with Crippen LogP contribution in [0.2, 0.25) is 0 Å². The molecule has 1 radical (unpaired) electrons. The molecule has 1 aliphatic heterocycles. The first-order valence-corrected chi connectivity index (χ1v) is 12.7. The normalized spacial score (nSPS) is 19.4. The lowest BCUT2D eigenvalue weighted by atomic mass is 9.84. The number of alkyl halides is 1. The van der Waals surface area contributed by atoms with Crippen LogP contribution < -0.4 is 5.32 Å². The van der Waals surface area contributed by atoms with Crippen LogP contribution in [0.3, 0.4) is 0 Å². The number of nitrogens with one attached hydrogen (secondary N) is 1. The second-order valence-corrected chi connectivity index (χ2v) is 10.7. The van der Waals surface area contributed by atoms with Crippen molar-refractivity contribution in [1.82, 2.24) is 19.8 Å². The van der Waals surface area contributed by atoms with Crippen molar-refractivity contribution >= 4 is 5.91 Å². The molecule has 203 valence electrons. The van der Waals surface area contributed by atoms with Crippen molar-refractivity contribution in [3.63, 3.8) is 0 Å². The van der Waals surface area contributed by atoms with Crippen molar-refractivity contribution in [3.8, 4) is 11.3 Å². The number of amides is 1. The van der Waals surface area contributed by atoms with Gasteiger partial charge in [-0.15, -0.1) is 0 Å². The zero-order valence-electron chi connectivity index (χ0n) is 21.9. The number of carbonyl (C=O) groups excluding carboxylic acids is 1. The van der Waals surface area contributed by atoms with E-state index in [-0.39, 0.29) is 24.3 Å². The number of hydrogen-bond acceptors (Lipinski definition) is 4. The minimum Gasteiger partial charge on any atom is -0.384 e. The number of halogens is 3. The van der Waals surface area contributed by atoms with Crippen LogP contribution in [0.25, 0.3) is 11.3 Å². The smallest absolute Gasteiger partial charge is 0.251 e. The molecule has 0 saturated carbocycles. The molecule has 1 amide bonds. The summed E-state index contributed by atoms with van der Waals surface area (Å²) in [6, 6.07) is 11.9. The summed E-state index contributed by atoms with van der Waals surface area (Å²) in [5.74, 6) is -1.94. The second kappa shape index (κ2) is 11.3. The van der Waals surface area contributed by atoms with Gasteiger partial charge in [0, 0.05) is 43.9 Å². The Morgan fingerprint density at radius 2 is 1.95 bits per heavy atom. The molecule has 9 heteroatoms. The summed E-state index contributed by atoms with van der Waals surface area (Å²) < 4.78 is 45.3. The summed E-state index contributed by atoms with van der Waals surface area (Å²) in [7, 11) is 0. The van der Waals surface area contributed by atoms with E-state index in [4.69, 9.17) is 4.98 Å². The number of aromatic nitrogens is 2. The van der Waals surface area contributed by atoms with Gasteiger partial charge in [-0.1, -0.05) is 44.2 Å². The first-order chi connectivity index (χ1) is 18.0. The topological polar surface area (TPSA) is 70.4 Å². The molecule has 1 aliphatic rings. The number of rotatable bonds is 9.